The molecule has 6 heteroatoms. The van der Waals surface area contributed by atoms with Gasteiger partial charge in [-0.1, -0.05) is 17.7 Å². The van der Waals surface area contributed by atoms with Crippen LogP contribution in [0.25, 0.3) is 0 Å². The van der Waals surface area contributed by atoms with Gasteiger partial charge in [0, 0.05) is 37.9 Å². The summed E-state index contributed by atoms with van der Waals surface area (Å²) in [6, 6.07) is 8.38. The second-order valence-electron chi connectivity index (χ2n) is 7.48. The number of anilines is 1. The minimum Gasteiger partial charge on any atom is -0.375 e. The van der Waals surface area contributed by atoms with Gasteiger partial charge in [-0.05, 0) is 32.9 Å². The molecular formula is C20H29N3O3. The van der Waals surface area contributed by atoms with E-state index in [1.54, 1.807) is 9.80 Å². The zero-order valence-electron chi connectivity index (χ0n) is 16.0. The molecule has 1 atom stereocenters. The summed E-state index contributed by atoms with van der Waals surface area (Å²) >= 11 is 0. The van der Waals surface area contributed by atoms with Crippen molar-refractivity contribution in [2.45, 2.75) is 39.3 Å². The second kappa shape index (κ2) is 8.18. The van der Waals surface area contributed by atoms with E-state index in [9.17, 15) is 9.59 Å². The van der Waals surface area contributed by atoms with Crippen LogP contribution in [0.2, 0.25) is 0 Å². The van der Waals surface area contributed by atoms with E-state index < -0.39 is 0 Å². The van der Waals surface area contributed by atoms with Crippen LogP contribution in [0, 0.1) is 6.92 Å². The van der Waals surface area contributed by atoms with Crippen molar-refractivity contribution in [3.8, 4) is 0 Å². The molecule has 0 unspecified atom stereocenters. The highest BCUT2D eigenvalue weighted by Gasteiger charge is 2.31. The van der Waals surface area contributed by atoms with Crippen molar-refractivity contribution in [1.29, 1.82) is 0 Å². The van der Waals surface area contributed by atoms with Gasteiger partial charge in [-0.25, -0.2) is 0 Å². The molecule has 0 saturated carbocycles. The van der Waals surface area contributed by atoms with E-state index in [-0.39, 0.29) is 24.5 Å². The molecule has 3 rings (SSSR count). The molecule has 142 valence electrons. The minimum atomic E-state index is -0.0797. The van der Waals surface area contributed by atoms with Crippen molar-refractivity contribution in [3.05, 3.63) is 29.8 Å². The quantitative estimate of drug-likeness (QED) is 0.821. The predicted octanol–water partition coefficient (Wildman–Crippen LogP) is 1.67. The molecule has 26 heavy (non-hydrogen) atoms. The molecule has 0 N–H and O–H groups in total. The third-order valence-electron chi connectivity index (χ3n) is 5.22. The van der Waals surface area contributed by atoms with Gasteiger partial charge in [0.15, 0.2) is 0 Å². The Morgan fingerprint density at radius 3 is 2.58 bits per heavy atom. The number of benzene rings is 1. The van der Waals surface area contributed by atoms with Gasteiger partial charge in [0.05, 0.1) is 19.1 Å². The fourth-order valence-corrected chi connectivity index (χ4v) is 3.54. The lowest BCUT2D eigenvalue weighted by atomic mass is 10.1. The maximum atomic E-state index is 12.6. The topological polar surface area (TPSA) is 53.1 Å². The Morgan fingerprint density at radius 1 is 1.19 bits per heavy atom. The zero-order valence-corrected chi connectivity index (χ0v) is 16.0. The average Bonchev–Trinajstić information content (AvgIpc) is 2.62. The molecule has 0 aliphatic carbocycles. The molecule has 2 aliphatic rings. The zero-order chi connectivity index (χ0) is 18.7. The lowest BCUT2D eigenvalue weighted by molar-refractivity contribution is -0.141. The van der Waals surface area contributed by atoms with Gasteiger partial charge >= 0.3 is 0 Å². The molecular weight excluding hydrogens is 330 g/mol. The largest absolute Gasteiger partial charge is 0.375 e. The predicted molar refractivity (Wildman–Crippen MR) is 101 cm³/mol. The Labute approximate surface area is 155 Å². The summed E-state index contributed by atoms with van der Waals surface area (Å²) in [4.78, 5) is 30.9. The van der Waals surface area contributed by atoms with E-state index in [4.69, 9.17) is 4.74 Å². The smallest absolute Gasteiger partial charge is 0.246 e. The fourth-order valence-electron chi connectivity index (χ4n) is 3.54. The number of aryl methyl sites for hydroxylation is 1. The summed E-state index contributed by atoms with van der Waals surface area (Å²) in [5.41, 5.74) is 2.06. The first-order valence-electron chi connectivity index (χ1n) is 9.44. The van der Waals surface area contributed by atoms with E-state index in [2.05, 4.69) is 18.7 Å². The summed E-state index contributed by atoms with van der Waals surface area (Å²) in [5, 5.41) is 0. The van der Waals surface area contributed by atoms with E-state index in [0.29, 0.717) is 32.2 Å². The Morgan fingerprint density at radius 2 is 1.92 bits per heavy atom. The van der Waals surface area contributed by atoms with Gasteiger partial charge in [0.2, 0.25) is 11.8 Å². The summed E-state index contributed by atoms with van der Waals surface area (Å²) in [6.07, 6.45) is 0.269. The molecule has 2 saturated heterocycles. The standard InChI is InChI=1S/C20H29N3O3/c1-15(2)21-10-11-26-18(13-21)12-19(24)22-8-9-23(20(25)14-22)17-6-4-16(3)5-7-17/h4-7,15,18H,8-14H2,1-3H3/t18-/m1/s1. The van der Waals surface area contributed by atoms with Crippen LogP contribution < -0.4 is 4.90 Å². The molecule has 6 nitrogen and oxygen atoms in total. The van der Waals surface area contributed by atoms with Gasteiger partial charge in [0.1, 0.15) is 6.54 Å². The van der Waals surface area contributed by atoms with Gasteiger partial charge in [-0.3, -0.25) is 14.5 Å². The van der Waals surface area contributed by atoms with Crippen LogP contribution in [0.15, 0.2) is 24.3 Å². The molecule has 2 aliphatic heterocycles. The Balaban J connectivity index is 1.54. The van der Waals surface area contributed by atoms with Crippen molar-refractivity contribution >= 4 is 17.5 Å². The maximum absolute atomic E-state index is 12.6. The Hall–Kier alpha value is -1.92. The fraction of sp³-hybridized carbons (Fsp3) is 0.600. The van der Waals surface area contributed by atoms with Crippen molar-refractivity contribution < 1.29 is 14.3 Å². The van der Waals surface area contributed by atoms with Gasteiger partial charge in [-0.15, -0.1) is 0 Å². The summed E-state index contributed by atoms with van der Waals surface area (Å²) in [5.74, 6) is -0.0145. The first-order valence-corrected chi connectivity index (χ1v) is 9.44. The SMILES string of the molecule is Cc1ccc(N2CCN(C(=O)C[C@@H]3CN(C(C)C)CCO3)CC2=O)cc1. The van der Waals surface area contributed by atoms with Crippen LogP contribution in [0.4, 0.5) is 5.69 Å². The molecule has 1 aromatic carbocycles. The summed E-state index contributed by atoms with van der Waals surface area (Å²) in [7, 11) is 0. The van der Waals surface area contributed by atoms with Crippen LogP contribution >= 0.6 is 0 Å². The molecule has 0 spiro atoms. The van der Waals surface area contributed by atoms with Crippen molar-refractivity contribution in [3.63, 3.8) is 0 Å². The lowest BCUT2D eigenvalue weighted by Crippen LogP contribution is -2.54. The number of morpholine rings is 1. The highest BCUT2D eigenvalue weighted by atomic mass is 16.5. The molecule has 0 aromatic heterocycles. The Bertz CT molecular complexity index is 644. The van der Waals surface area contributed by atoms with Crippen molar-refractivity contribution in [2.75, 3.05) is 44.2 Å². The normalized spacial score (nSPS) is 22.2. The number of rotatable bonds is 4. The Kier molecular flexibility index (Phi) is 5.94. The van der Waals surface area contributed by atoms with Crippen molar-refractivity contribution in [1.82, 2.24) is 9.80 Å². The molecule has 2 amide bonds. The van der Waals surface area contributed by atoms with E-state index in [0.717, 1.165) is 24.3 Å². The third kappa shape index (κ3) is 4.43. The molecule has 0 bridgehead atoms. The van der Waals surface area contributed by atoms with Crippen molar-refractivity contribution in [2.24, 2.45) is 0 Å². The van der Waals surface area contributed by atoms with E-state index in [1.165, 1.54) is 0 Å². The van der Waals surface area contributed by atoms with Crippen LogP contribution in [-0.2, 0) is 14.3 Å². The highest BCUT2D eigenvalue weighted by molar-refractivity contribution is 5.98. The first-order chi connectivity index (χ1) is 12.4. The second-order valence-corrected chi connectivity index (χ2v) is 7.48. The lowest BCUT2D eigenvalue weighted by Gasteiger charge is -2.37. The average molecular weight is 359 g/mol. The number of hydrogen-bond acceptors (Lipinski definition) is 4. The minimum absolute atomic E-state index is 0.0116. The highest BCUT2D eigenvalue weighted by Crippen LogP contribution is 2.19. The monoisotopic (exact) mass is 359 g/mol. The number of nitrogens with zero attached hydrogens (tertiary/aromatic N) is 3. The number of amides is 2. The summed E-state index contributed by atoms with van der Waals surface area (Å²) in [6.45, 7) is 9.95. The first kappa shape index (κ1) is 18.9. The molecule has 2 fully saturated rings. The van der Waals surface area contributed by atoms with Gasteiger partial charge in [-0.2, -0.15) is 0 Å². The number of ether oxygens (including phenoxy) is 1. The van der Waals surface area contributed by atoms with Crippen LogP contribution in [-0.4, -0.2) is 73.1 Å². The van der Waals surface area contributed by atoms with Gasteiger partial charge < -0.3 is 14.5 Å². The number of carbonyl (C=O) groups is 2. The van der Waals surface area contributed by atoms with Gasteiger partial charge in [0.25, 0.3) is 0 Å². The molecule has 2 heterocycles. The molecule has 1 aromatic rings. The maximum Gasteiger partial charge on any atom is 0.246 e. The van der Waals surface area contributed by atoms with Crippen LogP contribution in [0.5, 0.6) is 0 Å². The van der Waals surface area contributed by atoms with E-state index in [1.807, 2.05) is 31.2 Å². The number of piperazine rings is 1. The number of hydrogen-bond donors (Lipinski definition) is 0. The van der Waals surface area contributed by atoms with E-state index >= 15 is 0 Å². The molecule has 0 radical (unpaired) electrons. The number of carbonyl (C=O) groups excluding carboxylic acids is 2. The van der Waals surface area contributed by atoms with Crippen LogP contribution in [0.3, 0.4) is 0 Å². The third-order valence-corrected chi connectivity index (χ3v) is 5.22. The van der Waals surface area contributed by atoms with Crippen LogP contribution in [0.1, 0.15) is 25.8 Å². The summed E-state index contributed by atoms with van der Waals surface area (Å²) < 4.78 is 5.76.